The molecule has 0 unspecified atom stereocenters. The van der Waals surface area contributed by atoms with E-state index in [9.17, 15) is 9.18 Å². The summed E-state index contributed by atoms with van der Waals surface area (Å²) in [5.74, 6) is 0.512. The van der Waals surface area contributed by atoms with Crippen LogP contribution in [-0.4, -0.2) is 16.0 Å². The molecule has 3 rings (SSSR count). The van der Waals surface area contributed by atoms with E-state index in [-0.39, 0.29) is 11.7 Å². The Labute approximate surface area is 144 Å². The lowest BCUT2D eigenvalue weighted by Gasteiger charge is -2.05. The van der Waals surface area contributed by atoms with Gasteiger partial charge in [-0.15, -0.1) is 0 Å². The number of benzene rings is 2. The normalized spacial score (nSPS) is 10.6. The first-order valence-corrected chi connectivity index (χ1v) is 8.05. The maximum absolute atomic E-state index is 12.9. The Kier molecular flexibility index (Phi) is 5.18. The van der Waals surface area contributed by atoms with Gasteiger partial charge in [-0.25, -0.2) is 4.39 Å². The molecule has 3 aromatic rings. The zero-order valence-corrected chi connectivity index (χ0v) is 13.8. The van der Waals surface area contributed by atoms with Crippen LogP contribution in [-0.2, 0) is 11.2 Å². The minimum atomic E-state index is -0.313. The predicted molar refractivity (Wildman–Crippen MR) is 92.4 cm³/mol. The summed E-state index contributed by atoms with van der Waals surface area (Å²) < 4.78 is 18.1. The van der Waals surface area contributed by atoms with E-state index in [2.05, 4.69) is 15.5 Å². The molecule has 2 aromatic carbocycles. The largest absolute Gasteiger partial charge is 0.339 e. The summed E-state index contributed by atoms with van der Waals surface area (Å²) in [4.78, 5) is 16.2. The zero-order valence-electron chi connectivity index (χ0n) is 13.8. The van der Waals surface area contributed by atoms with E-state index < -0.39 is 0 Å². The molecule has 0 radical (unpaired) electrons. The molecule has 0 aliphatic heterocycles. The molecule has 0 atom stereocenters. The molecule has 1 amide bonds. The Hall–Kier alpha value is -3.02. The third-order valence-electron chi connectivity index (χ3n) is 3.67. The Morgan fingerprint density at radius 1 is 1.20 bits per heavy atom. The quantitative estimate of drug-likeness (QED) is 0.733. The fourth-order valence-electron chi connectivity index (χ4n) is 2.42. The van der Waals surface area contributed by atoms with E-state index in [0.717, 1.165) is 11.3 Å². The van der Waals surface area contributed by atoms with Crippen molar-refractivity contribution >= 4 is 11.6 Å². The molecular formula is C19H18FN3O2. The van der Waals surface area contributed by atoms with Gasteiger partial charge in [0, 0.05) is 24.1 Å². The summed E-state index contributed by atoms with van der Waals surface area (Å²) in [6, 6.07) is 13.5. The topological polar surface area (TPSA) is 68.0 Å². The molecule has 0 saturated carbocycles. The van der Waals surface area contributed by atoms with Crippen molar-refractivity contribution in [3.63, 3.8) is 0 Å². The second-order valence-corrected chi connectivity index (χ2v) is 5.79. The van der Waals surface area contributed by atoms with Gasteiger partial charge in [0.25, 0.3) is 0 Å². The summed E-state index contributed by atoms with van der Waals surface area (Å²) in [5, 5.41) is 6.75. The number of carbonyl (C=O) groups is 1. The average molecular weight is 339 g/mol. The van der Waals surface area contributed by atoms with Gasteiger partial charge in [-0.2, -0.15) is 4.98 Å². The van der Waals surface area contributed by atoms with Crippen molar-refractivity contribution in [2.24, 2.45) is 0 Å². The van der Waals surface area contributed by atoms with Crippen LogP contribution in [0.5, 0.6) is 0 Å². The van der Waals surface area contributed by atoms with Crippen LogP contribution >= 0.6 is 0 Å². The standard InChI is InChI=1S/C19H18FN3O2/c1-13-4-2-5-16(12-13)21-17(24)6-3-7-18-22-19(23-25-18)14-8-10-15(20)11-9-14/h2,4-5,8-12H,3,6-7H2,1H3,(H,21,24). The maximum Gasteiger partial charge on any atom is 0.226 e. The number of hydrogen-bond acceptors (Lipinski definition) is 4. The number of hydrogen-bond donors (Lipinski definition) is 1. The van der Waals surface area contributed by atoms with E-state index in [1.807, 2.05) is 31.2 Å². The smallest absolute Gasteiger partial charge is 0.226 e. The number of anilines is 1. The lowest BCUT2D eigenvalue weighted by atomic mass is 10.2. The van der Waals surface area contributed by atoms with Gasteiger partial charge in [0.2, 0.25) is 17.6 Å². The van der Waals surface area contributed by atoms with E-state index in [1.165, 1.54) is 12.1 Å². The predicted octanol–water partition coefficient (Wildman–Crippen LogP) is 4.15. The number of carbonyl (C=O) groups excluding carboxylic acids is 1. The average Bonchev–Trinajstić information content (AvgIpc) is 3.04. The fourth-order valence-corrected chi connectivity index (χ4v) is 2.42. The van der Waals surface area contributed by atoms with E-state index in [4.69, 9.17) is 4.52 Å². The molecule has 0 spiro atoms. The number of aryl methyl sites for hydroxylation is 2. The second-order valence-electron chi connectivity index (χ2n) is 5.79. The molecule has 0 aliphatic carbocycles. The molecule has 6 heteroatoms. The molecule has 0 saturated heterocycles. The summed E-state index contributed by atoms with van der Waals surface area (Å²) in [5.41, 5.74) is 2.58. The van der Waals surface area contributed by atoms with E-state index in [1.54, 1.807) is 12.1 Å². The highest BCUT2D eigenvalue weighted by atomic mass is 19.1. The molecule has 0 bridgehead atoms. The number of halogens is 1. The number of rotatable bonds is 6. The number of amides is 1. The summed E-state index contributed by atoms with van der Waals surface area (Å²) >= 11 is 0. The molecule has 25 heavy (non-hydrogen) atoms. The number of nitrogens with one attached hydrogen (secondary N) is 1. The van der Waals surface area contributed by atoms with Crippen LogP contribution in [0.2, 0.25) is 0 Å². The van der Waals surface area contributed by atoms with Crippen LogP contribution in [0.1, 0.15) is 24.3 Å². The minimum absolute atomic E-state index is 0.0520. The molecule has 0 aliphatic rings. The van der Waals surface area contributed by atoms with Gasteiger partial charge in [0.1, 0.15) is 5.82 Å². The Morgan fingerprint density at radius 3 is 2.76 bits per heavy atom. The molecule has 5 nitrogen and oxygen atoms in total. The van der Waals surface area contributed by atoms with Gasteiger partial charge in [-0.1, -0.05) is 17.3 Å². The first kappa shape index (κ1) is 16.8. The Bertz CT molecular complexity index is 859. The van der Waals surface area contributed by atoms with Crippen LogP contribution < -0.4 is 5.32 Å². The molecule has 128 valence electrons. The third-order valence-corrected chi connectivity index (χ3v) is 3.67. The highest BCUT2D eigenvalue weighted by Crippen LogP contribution is 2.17. The number of aromatic nitrogens is 2. The van der Waals surface area contributed by atoms with Crippen LogP contribution in [0.4, 0.5) is 10.1 Å². The zero-order chi connectivity index (χ0) is 17.6. The molecule has 1 aromatic heterocycles. The van der Waals surface area contributed by atoms with Crippen LogP contribution in [0, 0.1) is 12.7 Å². The molecule has 0 fully saturated rings. The van der Waals surface area contributed by atoms with Crippen LogP contribution in [0.3, 0.4) is 0 Å². The Balaban J connectivity index is 1.49. The first-order chi connectivity index (χ1) is 12.1. The monoisotopic (exact) mass is 339 g/mol. The first-order valence-electron chi connectivity index (χ1n) is 8.05. The van der Waals surface area contributed by atoms with Gasteiger partial charge < -0.3 is 9.84 Å². The molecule has 1 heterocycles. The second kappa shape index (κ2) is 7.70. The van der Waals surface area contributed by atoms with Crippen molar-refractivity contribution in [3.05, 3.63) is 65.8 Å². The van der Waals surface area contributed by atoms with Gasteiger partial charge >= 0.3 is 0 Å². The van der Waals surface area contributed by atoms with Crippen molar-refractivity contribution in [1.82, 2.24) is 10.1 Å². The van der Waals surface area contributed by atoms with Crippen molar-refractivity contribution in [3.8, 4) is 11.4 Å². The van der Waals surface area contributed by atoms with E-state index in [0.29, 0.717) is 36.5 Å². The number of nitrogens with zero attached hydrogens (tertiary/aromatic N) is 2. The highest BCUT2D eigenvalue weighted by Gasteiger charge is 2.10. The van der Waals surface area contributed by atoms with Crippen LogP contribution in [0.15, 0.2) is 53.1 Å². The van der Waals surface area contributed by atoms with Gasteiger partial charge in [-0.3, -0.25) is 4.79 Å². The SMILES string of the molecule is Cc1cccc(NC(=O)CCCc2nc(-c3ccc(F)cc3)no2)c1. The van der Waals surface area contributed by atoms with Crippen molar-refractivity contribution in [1.29, 1.82) is 0 Å². The molecular weight excluding hydrogens is 321 g/mol. The highest BCUT2D eigenvalue weighted by molar-refractivity contribution is 5.90. The molecule has 1 N–H and O–H groups in total. The van der Waals surface area contributed by atoms with Gasteiger partial charge in [0.05, 0.1) is 0 Å². The minimum Gasteiger partial charge on any atom is -0.339 e. The van der Waals surface area contributed by atoms with Gasteiger partial charge in [0.15, 0.2) is 0 Å². The van der Waals surface area contributed by atoms with Crippen molar-refractivity contribution in [2.75, 3.05) is 5.32 Å². The van der Waals surface area contributed by atoms with Crippen LogP contribution in [0.25, 0.3) is 11.4 Å². The Morgan fingerprint density at radius 2 is 2.00 bits per heavy atom. The fraction of sp³-hybridized carbons (Fsp3) is 0.211. The lowest BCUT2D eigenvalue weighted by Crippen LogP contribution is -2.11. The summed E-state index contributed by atoms with van der Waals surface area (Å²) in [6.07, 6.45) is 1.47. The lowest BCUT2D eigenvalue weighted by molar-refractivity contribution is -0.116. The van der Waals surface area contributed by atoms with Crippen molar-refractivity contribution < 1.29 is 13.7 Å². The van der Waals surface area contributed by atoms with Gasteiger partial charge in [-0.05, 0) is 55.3 Å². The summed E-state index contributed by atoms with van der Waals surface area (Å²) in [6.45, 7) is 1.98. The maximum atomic E-state index is 12.9. The summed E-state index contributed by atoms with van der Waals surface area (Å²) in [7, 11) is 0. The third kappa shape index (κ3) is 4.73. The van der Waals surface area contributed by atoms with Crippen molar-refractivity contribution in [2.45, 2.75) is 26.2 Å². The van der Waals surface area contributed by atoms with E-state index >= 15 is 0 Å².